The van der Waals surface area contributed by atoms with Gasteiger partial charge in [0.05, 0.1) is 17.0 Å². The monoisotopic (exact) mass is 377 g/mol. The molecular formula is C15H21BrFNO2S. The predicted molar refractivity (Wildman–Crippen MR) is 86.6 cm³/mol. The van der Waals surface area contributed by atoms with Crippen LogP contribution in [0, 0.1) is 5.82 Å². The molecule has 1 heterocycles. The molecule has 1 fully saturated rings. The molecule has 1 aromatic carbocycles. The summed E-state index contributed by atoms with van der Waals surface area (Å²) in [5.41, 5.74) is 0.438. The largest absolute Gasteiger partial charge is 0.309 e. The van der Waals surface area contributed by atoms with Crippen molar-refractivity contribution in [2.75, 3.05) is 12.3 Å². The van der Waals surface area contributed by atoms with Crippen LogP contribution in [0.5, 0.6) is 0 Å². The van der Waals surface area contributed by atoms with Crippen molar-refractivity contribution in [3.63, 3.8) is 0 Å². The molecule has 1 aromatic rings. The highest BCUT2D eigenvalue weighted by Crippen LogP contribution is 2.33. The van der Waals surface area contributed by atoms with Crippen LogP contribution in [0.2, 0.25) is 0 Å². The van der Waals surface area contributed by atoms with Crippen LogP contribution in [0.4, 0.5) is 4.39 Å². The van der Waals surface area contributed by atoms with E-state index in [-0.39, 0.29) is 11.6 Å². The van der Waals surface area contributed by atoms with Gasteiger partial charge in [-0.25, -0.2) is 12.8 Å². The Bertz CT molecular complexity index is 591. The lowest BCUT2D eigenvalue weighted by Crippen LogP contribution is -2.41. The molecular weight excluding hydrogens is 357 g/mol. The van der Waals surface area contributed by atoms with E-state index in [9.17, 15) is 12.8 Å². The molecule has 6 heteroatoms. The highest BCUT2D eigenvalue weighted by atomic mass is 79.9. The average molecular weight is 378 g/mol. The van der Waals surface area contributed by atoms with Crippen molar-refractivity contribution in [3.05, 3.63) is 34.1 Å². The molecule has 0 radical (unpaired) electrons. The first-order valence-electron chi connectivity index (χ1n) is 7.35. The highest BCUT2D eigenvalue weighted by Gasteiger charge is 2.37. The standard InChI is InChI=1S/C15H21BrFNO2S/c1-2-8-18-15(12-10-11(16)6-7-13(12)17)14-5-3-4-9-21(14,19)20/h6-7,10,14-15,18H,2-5,8-9H2,1H3. The van der Waals surface area contributed by atoms with E-state index in [1.807, 2.05) is 6.92 Å². The van der Waals surface area contributed by atoms with Crippen LogP contribution in [0.3, 0.4) is 0 Å². The summed E-state index contributed by atoms with van der Waals surface area (Å²) in [6.45, 7) is 2.68. The number of hydrogen-bond donors (Lipinski definition) is 1. The summed E-state index contributed by atoms with van der Waals surface area (Å²) >= 11 is 3.34. The Balaban J connectivity index is 2.40. The highest BCUT2D eigenvalue weighted by molar-refractivity contribution is 9.10. The second-order valence-electron chi connectivity index (χ2n) is 5.50. The van der Waals surface area contributed by atoms with E-state index in [2.05, 4.69) is 21.2 Å². The lowest BCUT2D eigenvalue weighted by molar-refractivity contribution is 0.433. The summed E-state index contributed by atoms with van der Waals surface area (Å²) in [6, 6.07) is 4.22. The summed E-state index contributed by atoms with van der Waals surface area (Å²) < 4.78 is 39.7. The first-order valence-corrected chi connectivity index (χ1v) is 9.86. The molecule has 2 rings (SSSR count). The molecule has 0 spiro atoms. The van der Waals surface area contributed by atoms with Crippen molar-refractivity contribution in [2.24, 2.45) is 0 Å². The number of rotatable bonds is 5. The molecule has 0 aliphatic carbocycles. The number of benzene rings is 1. The first-order chi connectivity index (χ1) is 9.95. The number of halogens is 2. The van der Waals surface area contributed by atoms with E-state index >= 15 is 0 Å². The van der Waals surface area contributed by atoms with E-state index in [4.69, 9.17) is 0 Å². The zero-order chi connectivity index (χ0) is 15.5. The van der Waals surface area contributed by atoms with Crippen LogP contribution >= 0.6 is 15.9 Å². The van der Waals surface area contributed by atoms with Gasteiger partial charge in [0.15, 0.2) is 9.84 Å². The van der Waals surface area contributed by atoms with Crippen LogP contribution in [0.1, 0.15) is 44.2 Å². The predicted octanol–water partition coefficient (Wildman–Crippen LogP) is 3.60. The fourth-order valence-electron chi connectivity index (χ4n) is 2.85. The van der Waals surface area contributed by atoms with Gasteiger partial charge in [-0.15, -0.1) is 0 Å². The fourth-order valence-corrected chi connectivity index (χ4v) is 5.32. The third kappa shape index (κ3) is 4.05. The normalized spacial score (nSPS) is 22.9. The third-order valence-corrected chi connectivity index (χ3v) is 6.69. The molecule has 1 aliphatic heterocycles. The maximum absolute atomic E-state index is 14.2. The van der Waals surface area contributed by atoms with E-state index < -0.39 is 21.1 Å². The molecule has 2 unspecified atom stereocenters. The quantitative estimate of drug-likeness (QED) is 0.852. The Hall–Kier alpha value is -0.460. The third-order valence-electron chi connectivity index (χ3n) is 3.91. The summed E-state index contributed by atoms with van der Waals surface area (Å²) in [5.74, 6) is -0.148. The number of hydrogen-bond acceptors (Lipinski definition) is 3. The summed E-state index contributed by atoms with van der Waals surface area (Å²) in [4.78, 5) is 0. The van der Waals surface area contributed by atoms with Gasteiger partial charge in [-0.1, -0.05) is 29.3 Å². The van der Waals surface area contributed by atoms with Gasteiger partial charge < -0.3 is 5.32 Å². The lowest BCUT2D eigenvalue weighted by Gasteiger charge is -2.31. The van der Waals surface area contributed by atoms with Crippen molar-refractivity contribution >= 4 is 25.8 Å². The molecule has 21 heavy (non-hydrogen) atoms. The fraction of sp³-hybridized carbons (Fsp3) is 0.600. The molecule has 118 valence electrons. The maximum Gasteiger partial charge on any atom is 0.155 e. The van der Waals surface area contributed by atoms with Gasteiger partial charge in [0.2, 0.25) is 0 Å². The van der Waals surface area contributed by atoms with Crippen molar-refractivity contribution in [1.82, 2.24) is 5.32 Å². The molecule has 0 bridgehead atoms. The zero-order valence-corrected chi connectivity index (χ0v) is 14.5. The van der Waals surface area contributed by atoms with Gasteiger partial charge in [-0.05, 0) is 44.0 Å². The summed E-state index contributed by atoms with van der Waals surface area (Å²) in [7, 11) is -3.18. The Kier molecular flexibility index (Phi) is 5.80. The van der Waals surface area contributed by atoms with Crippen molar-refractivity contribution < 1.29 is 12.8 Å². The summed E-state index contributed by atoms with van der Waals surface area (Å²) in [5, 5.41) is 2.70. The van der Waals surface area contributed by atoms with Gasteiger partial charge in [0, 0.05) is 10.0 Å². The molecule has 1 saturated heterocycles. The Morgan fingerprint density at radius 2 is 2.19 bits per heavy atom. The Labute approximate surface area is 134 Å². The number of sulfone groups is 1. The van der Waals surface area contributed by atoms with Gasteiger partial charge >= 0.3 is 0 Å². The molecule has 1 N–H and O–H groups in total. The topological polar surface area (TPSA) is 46.2 Å². The average Bonchev–Trinajstić information content (AvgIpc) is 2.44. The van der Waals surface area contributed by atoms with Crippen LogP contribution in [0.15, 0.2) is 22.7 Å². The molecule has 0 aromatic heterocycles. The minimum absolute atomic E-state index is 0.206. The second kappa shape index (κ2) is 7.20. The van der Waals surface area contributed by atoms with Crippen LogP contribution in [-0.2, 0) is 9.84 Å². The smallest absolute Gasteiger partial charge is 0.155 e. The lowest BCUT2D eigenvalue weighted by atomic mass is 9.98. The Morgan fingerprint density at radius 3 is 2.86 bits per heavy atom. The molecule has 0 amide bonds. The minimum Gasteiger partial charge on any atom is -0.309 e. The van der Waals surface area contributed by atoms with Crippen LogP contribution in [0.25, 0.3) is 0 Å². The van der Waals surface area contributed by atoms with E-state index in [1.54, 1.807) is 12.1 Å². The van der Waals surface area contributed by atoms with Crippen LogP contribution in [-0.4, -0.2) is 26.0 Å². The Morgan fingerprint density at radius 1 is 1.43 bits per heavy atom. The van der Waals surface area contributed by atoms with Gasteiger partial charge in [-0.2, -0.15) is 0 Å². The molecule has 2 atom stereocenters. The van der Waals surface area contributed by atoms with Crippen LogP contribution < -0.4 is 5.32 Å². The first kappa shape index (κ1) is 16.9. The maximum atomic E-state index is 14.2. The number of nitrogens with one attached hydrogen (secondary N) is 1. The summed E-state index contributed by atoms with van der Waals surface area (Å²) in [6.07, 6.45) is 3.05. The van der Waals surface area contributed by atoms with Gasteiger partial charge in [0.1, 0.15) is 5.82 Å². The van der Waals surface area contributed by atoms with Gasteiger partial charge in [0.25, 0.3) is 0 Å². The van der Waals surface area contributed by atoms with Crippen molar-refractivity contribution in [1.29, 1.82) is 0 Å². The molecule has 3 nitrogen and oxygen atoms in total. The molecule has 0 saturated carbocycles. The molecule has 1 aliphatic rings. The van der Waals surface area contributed by atoms with Crippen molar-refractivity contribution in [2.45, 2.75) is 43.9 Å². The second-order valence-corrected chi connectivity index (χ2v) is 8.75. The van der Waals surface area contributed by atoms with Gasteiger partial charge in [-0.3, -0.25) is 0 Å². The SMILES string of the molecule is CCCNC(c1cc(Br)ccc1F)C1CCCCS1(=O)=O. The van der Waals surface area contributed by atoms with E-state index in [0.29, 0.717) is 24.9 Å². The minimum atomic E-state index is -3.18. The van der Waals surface area contributed by atoms with Crippen molar-refractivity contribution in [3.8, 4) is 0 Å². The van der Waals surface area contributed by atoms with E-state index in [1.165, 1.54) is 6.07 Å². The van der Waals surface area contributed by atoms with E-state index in [0.717, 1.165) is 17.3 Å². The zero-order valence-electron chi connectivity index (χ0n) is 12.1.